The number of aromatic nitrogens is 4. The summed E-state index contributed by atoms with van der Waals surface area (Å²) in [4.78, 5) is 20.4. The number of halogens is 1. The largest absolute Gasteiger partial charge is 0.390 e. The number of fused-ring (bicyclic) bond motifs is 1. The van der Waals surface area contributed by atoms with Gasteiger partial charge in [-0.1, -0.05) is 21.2 Å². The maximum absolute atomic E-state index is 11.0. The van der Waals surface area contributed by atoms with Gasteiger partial charge in [-0.25, -0.2) is 4.98 Å². The van der Waals surface area contributed by atoms with Crippen molar-refractivity contribution in [3.05, 3.63) is 51.4 Å². The van der Waals surface area contributed by atoms with Gasteiger partial charge in [0, 0.05) is 31.6 Å². The maximum Gasteiger partial charge on any atom is 0.368 e. The van der Waals surface area contributed by atoms with Crippen LogP contribution in [-0.4, -0.2) is 49.0 Å². The Morgan fingerprint density at radius 3 is 2.92 bits per heavy atom. The summed E-state index contributed by atoms with van der Waals surface area (Å²) in [6, 6.07) is 5.25. The Hall–Kier alpha value is -2.43. The molecule has 0 bridgehead atoms. The molecule has 3 aromatic rings. The van der Waals surface area contributed by atoms with Gasteiger partial charge in [-0.3, -0.25) is 4.98 Å². The van der Waals surface area contributed by atoms with E-state index in [1.54, 1.807) is 24.4 Å². The summed E-state index contributed by atoms with van der Waals surface area (Å²) < 4.78 is 1.22. The van der Waals surface area contributed by atoms with Crippen LogP contribution in [0.1, 0.15) is 5.69 Å². The van der Waals surface area contributed by atoms with Gasteiger partial charge >= 0.3 is 5.82 Å². The van der Waals surface area contributed by atoms with Gasteiger partial charge in [0.25, 0.3) is 0 Å². The Kier molecular flexibility index (Phi) is 5.55. The van der Waals surface area contributed by atoms with Gasteiger partial charge in [0.1, 0.15) is 11.2 Å². The van der Waals surface area contributed by atoms with Crippen LogP contribution in [0.2, 0.25) is 5.02 Å². The fourth-order valence-corrected chi connectivity index (χ4v) is 3.53. The second-order valence-corrected chi connectivity index (χ2v) is 6.83. The normalized spacial score (nSPS) is 11.0. The van der Waals surface area contributed by atoms with Gasteiger partial charge in [-0.05, 0) is 17.1 Å². The van der Waals surface area contributed by atoms with Crippen molar-refractivity contribution in [2.24, 2.45) is 0 Å². The molecule has 0 saturated heterocycles. The number of nitrogens with zero attached hydrogens (tertiary/aromatic N) is 6. The predicted molar refractivity (Wildman–Crippen MR) is 98.8 cm³/mol. The Morgan fingerprint density at radius 2 is 2.19 bits per heavy atom. The molecule has 1 N–H and O–H groups in total. The summed E-state index contributed by atoms with van der Waals surface area (Å²) in [6.07, 6.45) is 2.79. The molecule has 136 valence electrons. The van der Waals surface area contributed by atoms with Gasteiger partial charge in [0.2, 0.25) is 5.65 Å². The molecule has 0 aliphatic carbocycles. The molecule has 0 aromatic carbocycles. The fourth-order valence-electron chi connectivity index (χ4n) is 2.33. The van der Waals surface area contributed by atoms with E-state index >= 15 is 0 Å². The van der Waals surface area contributed by atoms with Crippen LogP contribution in [0.4, 0.5) is 11.5 Å². The highest BCUT2D eigenvalue weighted by Crippen LogP contribution is 2.27. The van der Waals surface area contributed by atoms with Crippen molar-refractivity contribution in [2.75, 3.05) is 24.2 Å². The van der Waals surface area contributed by atoms with Gasteiger partial charge in [0.15, 0.2) is 0 Å². The van der Waals surface area contributed by atoms with E-state index in [0.717, 1.165) is 5.69 Å². The Morgan fingerprint density at radius 1 is 1.38 bits per heavy atom. The zero-order valence-corrected chi connectivity index (χ0v) is 15.3. The minimum atomic E-state index is -0.514. The highest BCUT2D eigenvalue weighted by Gasteiger charge is 2.16. The minimum absolute atomic E-state index is 0.167. The zero-order valence-electron chi connectivity index (χ0n) is 13.7. The number of hydrogen-bond acceptors (Lipinski definition) is 8. The number of pyridine rings is 1. The molecular weight excluding hydrogens is 380 g/mol. The number of thioether (sulfide) groups is 1. The Bertz CT molecular complexity index is 950. The van der Waals surface area contributed by atoms with E-state index in [0.29, 0.717) is 33.7 Å². The highest BCUT2D eigenvalue weighted by atomic mass is 35.5. The fraction of sp³-hybridized carbons (Fsp3) is 0.267. The SMILES string of the molecule is CN(CCSc1ccc2ncc([N+](=O)[O-])n2n1)c1ccnc(CO)c1Cl. The van der Waals surface area contributed by atoms with E-state index < -0.39 is 4.92 Å². The molecule has 0 radical (unpaired) electrons. The van der Waals surface area contributed by atoms with Crippen LogP contribution in [0.15, 0.2) is 35.6 Å². The van der Waals surface area contributed by atoms with Crippen molar-refractivity contribution in [3.63, 3.8) is 0 Å². The molecule has 0 aliphatic rings. The minimum Gasteiger partial charge on any atom is -0.390 e. The van der Waals surface area contributed by atoms with E-state index in [-0.39, 0.29) is 12.4 Å². The maximum atomic E-state index is 11.0. The molecule has 0 atom stereocenters. The predicted octanol–water partition coefficient (Wildman–Crippen LogP) is 2.41. The molecule has 0 fully saturated rings. The molecule has 3 heterocycles. The van der Waals surface area contributed by atoms with Gasteiger partial charge in [0.05, 0.1) is 23.0 Å². The van der Waals surface area contributed by atoms with Crippen molar-refractivity contribution < 1.29 is 10.0 Å². The lowest BCUT2D eigenvalue weighted by Gasteiger charge is -2.20. The van der Waals surface area contributed by atoms with Crippen LogP contribution >= 0.6 is 23.4 Å². The first-order chi connectivity index (χ1) is 12.5. The average Bonchev–Trinajstić information content (AvgIpc) is 3.05. The number of rotatable bonds is 7. The van der Waals surface area contributed by atoms with Crippen molar-refractivity contribution in [1.82, 2.24) is 19.6 Å². The van der Waals surface area contributed by atoms with Crippen LogP contribution in [0.3, 0.4) is 0 Å². The Labute approximate surface area is 157 Å². The van der Waals surface area contributed by atoms with Crippen LogP contribution in [0.5, 0.6) is 0 Å². The monoisotopic (exact) mass is 394 g/mol. The molecule has 11 heteroatoms. The molecule has 9 nitrogen and oxygen atoms in total. The average molecular weight is 395 g/mol. The second kappa shape index (κ2) is 7.85. The smallest absolute Gasteiger partial charge is 0.368 e. The van der Waals surface area contributed by atoms with E-state index in [2.05, 4.69) is 15.1 Å². The lowest BCUT2D eigenvalue weighted by molar-refractivity contribution is -0.391. The summed E-state index contributed by atoms with van der Waals surface area (Å²) in [5.74, 6) is 0.518. The first-order valence-corrected chi connectivity index (χ1v) is 8.95. The van der Waals surface area contributed by atoms with Crippen LogP contribution in [0.25, 0.3) is 5.65 Å². The van der Waals surface area contributed by atoms with Crippen LogP contribution in [0, 0.1) is 10.1 Å². The number of nitro groups is 1. The third-order valence-electron chi connectivity index (χ3n) is 3.69. The summed E-state index contributed by atoms with van der Waals surface area (Å²) >= 11 is 7.71. The topological polar surface area (TPSA) is 110 Å². The molecule has 0 amide bonds. The number of aliphatic hydroxyl groups excluding tert-OH is 1. The number of hydrogen-bond donors (Lipinski definition) is 1. The van der Waals surface area contributed by atoms with Crippen molar-refractivity contribution >= 4 is 40.5 Å². The Balaban J connectivity index is 1.67. The van der Waals surface area contributed by atoms with E-state index in [4.69, 9.17) is 11.6 Å². The van der Waals surface area contributed by atoms with Gasteiger partial charge < -0.3 is 20.1 Å². The summed E-state index contributed by atoms with van der Waals surface area (Å²) in [7, 11) is 1.89. The zero-order chi connectivity index (χ0) is 18.7. The van der Waals surface area contributed by atoms with Crippen molar-refractivity contribution in [2.45, 2.75) is 11.6 Å². The molecule has 0 spiro atoms. The third kappa shape index (κ3) is 3.71. The van der Waals surface area contributed by atoms with Crippen molar-refractivity contribution in [1.29, 1.82) is 0 Å². The number of anilines is 1. The van der Waals surface area contributed by atoms with E-state index in [1.165, 1.54) is 22.5 Å². The van der Waals surface area contributed by atoms with Crippen LogP contribution in [-0.2, 0) is 6.61 Å². The molecule has 0 unspecified atom stereocenters. The molecular formula is C15H15ClN6O3S. The number of aliphatic hydroxyl groups is 1. The van der Waals surface area contributed by atoms with Crippen LogP contribution < -0.4 is 4.90 Å². The summed E-state index contributed by atoms with van der Waals surface area (Å²) in [6.45, 7) is 0.438. The molecule has 3 aromatic heterocycles. The molecule has 3 rings (SSSR count). The van der Waals surface area contributed by atoms with Gasteiger partial charge in [-0.15, -0.1) is 11.8 Å². The first kappa shape index (κ1) is 18.4. The molecule has 26 heavy (non-hydrogen) atoms. The quantitative estimate of drug-likeness (QED) is 0.369. The van der Waals surface area contributed by atoms with Crippen molar-refractivity contribution in [3.8, 4) is 0 Å². The lowest BCUT2D eigenvalue weighted by Crippen LogP contribution is -2.21. The highest BCUT2D eigenvalue weighted by molar-refractivity contribution is 7.99. The molecule has 0 aliphatic heterocycles. The first-order valence-electron chi connectivity index (χ1n) is 7.58. The lowest BCUT2D eigenvalue weighted by atomic mass is 10.3. The molecule has 0 saturated carbocycles. The second-order valence-electron chi connectivity index (χ2n) is 5.33. The third-order valence-corrected chi connectivity index (χ3v) is 5.00. The van der Waals surface area contributed by atoms with Gasteiger partial charge in [-0.2, -0.15) is 0 Å². The van der Waals surface area contributed by atoms with E-state index in [9.17, 15) is 15.2 Å². The summed E-state index contributed by atoms with van der Waals surface area (Å²) in [5, 5.41) is 25.6. The summed E-state index contributed by atoms with van der Waals surface area (Å²) in [5.41, 5.74) is 1.64. The van der Waals surface area contributed by atoms with E-state index in [1.807, 2.05) is 11.9 Å². The number of imidazole rings is 1. The standard InChI is InChI=1S/C15H15ClN6O3S/c1-20(11-4-5-17-10(9-23)15(11)16)6-7-26-13-3-2-12-18-8-14(22(24)25)21(12)19-13/h2-5,8,23H,6-7,9H2,1H3.